The van der Waals surface area contributed by atoms with Gasteiger partial charge in [-0.3, -0.25) is 0 Å². The third-order valence-corrected chi connectivity index (χ3v) is 3.38. The van der Waals surface area contributed by atoms with Crippen LogP contribution in [0.1, 0.15) is 25.3 Å². The Balaban J connectivity index is 1.90. The van der Waals surface area contributed by atoms with E-state index < -0.39 is 6.23 Å². The highest BCUT2D eigenvalue weighted by Gasteiger charge is 2.14. The monoisotopic (exact) mass is 292 g/mol. The minimum Gasteiger partial charge on any atom is -0.494 e. The third-order valence-electron chi connectivity index (χ3n) is 3.02. The number of rotatable bonds is 6. The lowest BCUT2D eigenvalue weighted by Gasteiger charge is -2.27. The number of aliphatic hydroxyl groups excluding tert-OH is 1. The van der Waals surface area contributed by atoms with Crippen LogP contribution in [-0.2, 0) is 6.54 Å². The van der Waals surface area contributed by atoms with Gasteiger partial charge in [-0.2, -0.15) is 0 Å². The van der Waals surface area contributed by atoms with Crippen LogP contribution in [0.2, 0.25) is 0 Å². The van der Waals surface area contributed by atoms with Gasteiger partial charge in [0.2, 0.25) is 0 Å². The summed E-state index contributed by atoms with van der Waals surface area (Å²) in [5.41, 5.74) is 1.14. The van der Waals surface area contributed by atoms with Crippen LogP contribution in [0.25, 0.3) is 0 Å². The number of thiocarbonyl (C=S) groups is 1. The summed E-state index contributed by atoms with van der Waals surface area (Å²) in [4.78, 5) is 1.88. The van der Waals surface area contributed by atoms with Crippen molar-refractivity contribution in [2.45, 2.75) is 32.5 Å². The van der Waals surface area contributed by atoms with Gasteiger partial charge in [0.1, 0.15) is 12.0 Å². The van der Waals surface area contributed by atoms with Gasteiger partial charge in [0.15, 0.2) is 5.11 Å². The second kappa shape index (κ2) is 7.26. The average Bonchev–Trinajstić information content (AvgIpc) is 2.44. The fraction of sp³-hybridized carbons (Fsp3) is 0.400. The fourth-order valence-corrected chi connectivity index (χ4v) is 2.10. The summed E-state index contributed by atoms with van der Waals surface area (Å²) < 4.78 is 5.63. The molecule has 0 bridgehead atoms. The number of nitrogens with zero attached hydrogens (tertiary/aromatic N) is 1. The van der Waals surface area contributed by atoms with Crippen molar-refractivity contribution in [3.05, 3.63) is 42.1 Å². The molecule has 0 fully saturated rings. The largest absolute Gasteiger partial charge is 0.494 e. The SMILES string of the molecule is CCCCOc1ccc(CN2C=CC(O)NC2=S)cc1. The standard InChI is InChI=1S/C15H20N2O2S/c1-2-3-10-19-13-6-4-12(5-7-13)11-17-9-8-14(18)16-15(17)20/h4-9,14,18H,2-3,10-11H2,1H3,(H,16,20). The van der Waals surface area contributed by atoms with Gasteiger partial charge in [0.05, 0.1) is 6.61 Å². The third kappa shape index (κ3) is 4.21. The maximum Gasteiger partial charge on any atom is 0.175 e. The summed E-state index contributed by atoms with van der Waals surface area (Å²) >= 11 is 5.18. The highest BCUT2D eigenvalue weighted by atomic mass is 32.1. The van der Waals surface area contributed by atoms with E-state index in [4.69, 9.17) is 17.0 Å². The number of ether oxygens (including phenoxy) is 1. The average molecular weight is 292 g/mol. The van der Waals surface area contributed by atoms with Crippen molar-refractivity contribution in [2.24, 2.45) is 0 Å². The Hall–Kier alpha value is -1.59. The smallest absolute Gasteiger partial charge is 0.175 e. The zero-order valence-corrected chi connectivity index (χ0v) is 12.4. The molecule has 108 valence electrons. The minimum absolute atomic E-state index is 0.531. The molecule has 0 radical (unpaired) electrons. The molecular weight excluding hydrogens is 272 g/mol. The lowest BCUT2D eigenvalue weighted by atomic mass is 10.2. The van der Waals surface area contributed by atoms with Gasteiger partial charge in [-0.25, -0.2) is 0 Å². The zero-order chi connectivity index (χ0) is 14.4. The van der Waals surface area contributed by atoms with Crippen LogP contribution in [0.3, 0.4) is 0 Å². The zero-order valence-electron chi connectivity index (χ0n) is 11.6. The van der Waals surface area contributed by atoms with Crippen LogP contribution in [0, 0.1) is 0 Å². The molecule has 0 spiro atoms. The van der Waals surface area contributed by atoms with E-state index in [1.807, 2.05) is 29.2 Å². The van der Waals surface area contributed by atoms with Crippen LogP contribution in [0.15, 0.2) is 36.5 Å². The van der Waals surface area contributed by atoms with Gasteiger partial charge in [0.25, 0.3) is 0 Å². The quantitative estimate of drug-likeness (QED) is 0.622. The van der Waals surface area contributed by atoms with Gasteiger partial charge in [-0.05, 0) is 42.4 Å². The van der Waals surface area contributed by atoms with Crippen molar-refractivity contribution >= 4 is 17.3 Å². The molecule has 4 nitrogen and oxygen atoms in total. The van der Waals surface area contributed by atoms with E-state index in [9.17, 15) is 5.11 Å². The van der Waals surface area contributed by atoms with E-state index in [0.29, 0.717) is 11.7 Å². The molecule has 0 aliphatic carbocycles. The Kier molecular flexibility index (Phi) is 5.38. The van der Waals surface area contributed by atoms with Crippen LogP contribution in [-0.4, -0.2) is 28.0 Å². The molecule has 0 aromatic heterocycles. The molecule has 2 N–H and O–H groups in total. The molecule has 1 unspecified atom stereocenters. The molecule has 1 aromatic rings. The number of nitrogens with one attached hydrogen (secondary N) is 1. The normalized spacial score (nSPS) is 18.0. The molecule has 0 saturated heterocycles. The molecule has 1 aromatic carbocycles. The van der Waals surface area contributed by atoms with E-state index in [2.05, 4.69) is 12.2 Å². The van der Waals surface area contributed by atoms with E-state index in [1.54, 1.807) is 12.3 Å². The maximum atomic E-state index is 9.37. The van der Waals surface area contributed by atoms with Crippen LogP contribution in [0.4, 0.5) is 0 Å². The molecule has 1 aliphatic heterocycles. The van der Waals surface area contributed by atoms with Crippen molar-refractivity contribution < 1.29 is 9.84 Å². The lowest BCUT2D eigenvalue weighted by Crippen LogP contribution is -2.44. The molecule has 2 rings (SSSR count). The minimum atomic E-state index is -0.687. The second-order valence-electron chi connectivity index (χ2n) is 4.71. The van der Waals surface area contributed by atoms with E-state index in [0.717, 1.165) is 30.8 Å². The second-order valence-corrected chi connectivity index (χ2v) is 5.10. The molecule has 0 saturated carbocycles. The number of hydrogen-bond acceptors (Lipinski definition) is 3. The predicted molar refractivity (Wildman–Crippen MR) is 83.3 cm³/mol. The van der Waals surface area contributed by atoms with Crippen molar-refractivity contribution in [3.63, 3.8) is 0 Å². The first-order valence-electron chi connectivity index (χ1n) is 6.84. The van der Waals surface area contributed by atoms with Crippen LogP contribution in [0.5, 0.6) is 5.75 Å². The molecule has 1 atom stereocenters. The number of benzene rings is 1. The highest BCUT2D eigenvalue weighted by molar-refractivity contribution is 7.80. The molecule has 1 aliphatic rings. The summed E-state index contributed by atoms with van der Waals surface area (Å²) in [6.07, 6.45) is 4.99. The van der Waals surface area contributed by atoms with E-state index in [1.165, 1.54) is 0 Å². The molecule has 5 heteroatoms. The Bertz CT molecular complexity index is 473. The van der Waals surface area contributed by atoms with Crippen molar-refractivity contribution in [1.82, 2.24) is 10.2 Å². The van der Waals surface area contributed by atoms with E-state index >= 15 is 0 Å². The first-order chi connectivity index (χ1) is 9.69. The summed E-state index contributed by atoms with van der Waals surface area (Å²) in [5, 5.41) is 12.7. The molecule has 0 amide bonds. The Labute approximate surface area is 125 Å². The van der Waals surface area contributed by atoms with Crippen LogP contribution < -0.4 is 10.1 Å². The summed E-state index contributed by atoms with van der Waals surface area (Å²) in [7, 11) is 0. The Morgan fingerprint density at radius 1 is 1.35 bits per heavy atom. The topological polar surface area (TPSA) is 44.7 Å². The maximum absolute atomic E-state index is 9.37. The van der Waals surface area contributed by atoms with Gasteiger partial charge in [-0.1, -0.05) is 25.5 Å². The lowest BCUT2D eigenvalue weighted by molar-refractivity contribution is 0.197. The number of unbranched alkanes of at least 4 members (excludes halogenated alkanes) is 1. The fourth-order valence-electron chi connectivity index (χ4n) is 1.86. The van der Waals surface area contributed by atoms with Crippen LogP contribution >= 0.6 is 12.2 Å². The Morgan fingerprint density at radius 2 is 2.10 bits per heavy atom. The van der Waals surface area contributed by atoms with Gasteiger partial charge < -0.3 is 20.1 Å². The van der Waals surface area contributed by atoms with Crippen molar-refractivity contribution in [1.29, 1.82) is 0 Å². The first-order valence-corrected chi connectivity index (χ1v) is 7.25. The van der Waals surface area contributed by atoms with Gasteiger partial charge in [-0.15, -0.1) is 0 Å². The Morgan fingerprint density at radius 3 is 2.75 bits per heavy atom. The summed E-state index contributed by atoms with van der Waals surface area (Å²) in [5.74, 6) is 0.896. The van der Waals surface area contributed by atoms with E-state index in [-0.39, 0.29) is 0 Å². The summed E-state index contributed by atoms with van der Waals surface area (Å²) in [6, 6.07) is 8.01. The highest BCUT2D eigenvalue weighted by Crippen LogP contribution is 2.15. The van der Waals surface area contributed by atoms with Crippen molar-refractivity contribution in [3.8, 4) is 5.75 Å². The number of aliphatic hydroxyl groups is 1. The first kappa shape index (κ1) is 14.8. The number of hydrogen-bond donors (Lipinski definition) is 2. The predicted octanol–water partition coefficient (Wildman–Crippen LogP) is 2.39. The molecule has 1 heterocycles. The molecule has 20 heavy (non-hydrogen) atoms. The summed E-state index contributed by atoms with van der Waals surface area (Å²) in [6.45, 7) is 3.58. The molecular formula is C15H20N2O2S. The van der Waals surface area contributed by atoms with Gasteiger partial charge in [0, 0.05) is 12.7 Å². The van der Waals surface area contributed by atoms with Gasteiger partial charge >= 0.3 is 0 Å². The van der Waals surface area contributed by atoms with Crippen molar-refractivity contribution in [2.75, 3.05) is 6.61 Å².